The number of amides is 1. The molecule has 3 atom stereocenters. The maximum absolute atomic E-state index is 12.8. The van der Waals surface area contributed by atoms with Crippen LogP contribution in [-0.2, 0) is 4.79 Å². The second-order valence-electron chi connectivity index (χ2n) is 7.59. The molecule has 1 aliphatic carbocycles. The molecule has 1 heterocycles. The van der Waals surface area contributed by atoms with Gasteiger partial charge in [0.15, 0.2) is 0 Å². The van der Waals surface area contributed by atoms with Crippen molar-refractivity contribution in [1.82, 2.24) is 20.7 Å². The molecule has 1 aromatic carbocycles. The maximum Gasteiger partial charge on any atom is 0.253 e. The normalized spacial score (nSPS) is 19.4. The van der Waals surface area contributed by atoms with Crippen molar-refractivity contribution in [1.29, 1.82) is 5.26 Å². The van der Waals surface area contributed by atoms with Gasteiger partial charge in [0.2, 0.25) is 0 Å². The number of nitriles is 1. The Morgan fingerprint density at radius 3 is 2.89 bits per heavy atom. The van der Waals surface area contributed by atoms with E-state index in [-0.39, 0.29) is 11.9 Å². The molecule has 1 aliphatic rings. The zero-order chi connectivity index (χ0) is 20.1. The van der Waals surface area contributed by atoms with Gasteiger partial charge < -0.3 is 10.3 Å². The van der Waals surface area contributed by atoms with Crippen LogP contribution >= 0.6 is 0 Å². The average Bonchev–Trinajstić information content (AvgIpc) is 3.36. The summed E-state index contributed by atoms with van der Waals surface area (Å²) in [6, 6.07) is 7.86. The van der Waals surface area contributed by atoms with Gasteiger partial charge in [-0.1, -0.05) is 20.8 Å². The third-order valence-electron chi connectivity index (χ3n) is 5.56. The molecule has 0 bridgehead atoms. The number of hydrogen-bond donors (Lipinski definition) is 3. The smallest absolute Gasteiger partial charge is 0.253 e. The highest BCUT2D eigenvalue weighted by Crippen LogP contribution is 2.49. The van der Waals surface area contributed by atoms with Crippen molar-refractivity contribution in [3.8, 4) is 6.07 Å². The summed E-state index contributed by atoms with van der Waals surface area (Å²) >= 11 is 0. The van der Waals surface area contributed by atoms with Crippen LogP contribution in [0.2, 0.25) is 0 Å². The van der Waals surface area contributed by atoms with Gasteiger partial charge in [0.05, 0.1) is 17.7 Å². The fraction of sp³-hybridized carbons (Fsp3) is 0.545. The van der Waals surface area contributed by atoms with Crippen LogP contribution in [-0.4, -0.2) is 41.6 Å². The molecule has 1 fully saturated rings. The summed E-state index contributed by atoms with van der Waals surface area (Å²) in [6.45, 7) is 8.47. The first-order chi connectivity index (χ1) is 13.6. The number of hydrazine groups is 1. The summed E-state index contributed by atoms with van der Waals surface area (Å²) in [5.41, 5.74) is 6.24. The molecule has 3 N–H and O–H groups in total. The van der Waals surface area contributed by atoms with Gasteiger partial charge in [-0.05, 0) is 61.4 Å². The average molecular weight is 382 g/mol. The quantitative estimate of drug-likeness (QED) is 0.552. The molecule has 28 heavy (non-hydrogen) atoms. The minimum absolute atomic E-state index is 0.133. The molecule has 0 aliphatic heterocycles. The number of aromatic amines is 1. The van der Waals surface area contributed by atoms with Crippen molar-refractivity contribution in [2.24, 2.45) is 5.92 Å². The van der Waals surface area contributed by atoms with Crippen LogP contribution in [0.5, 0.6) is 0 Å². The fourth-order valence-electron chi connectivity index (χ4n) is 3.94. The van der Waals surface area contributed by atoms with E-state index in [0.29, 0.717) is 17.4 Å². The third-order valence-corrected chi connectivity index (χ3v) is 5.56. The van der Waals surface area contributed by atoms with Crippen LogP contribution in [0.25, 0.3) is 10.9 Å². The van der Waals surface area contributed by atoms with E-state index >= 15 is 0 Å². The molecule has 0 radical (unpaired) electrons. The SMILES string of the molecule is CCCN(NCC)C(=O)C(CC)NCC1CC1c1c[nH]c2ccc(C#N)cc12. The number of rotatable bonds is 10. The van der Waals surface area contributed by atoms with Gasteiger partial charge in [0.1, 0.15) is 0 Å². The van der Waals surface area contributed by atoms with Crippen molar-refractivity contribution in [2.75, 3.05) is 19.6 Å². The van der Waals surface area contributed by atoms with Gasteiger partial charge in [-0.2, -0.15) is 5.26 Å². The number of carbonyl (C=O) groups excluding carboxylic acids is 1. The number of benzene rings is 1. The van der Waals surface area contributed by atoms with E-state index in [0.717, 1.165) is 49.8 Å². The largest absolute Gasteiger partial charge is 0.361 e. The molecule has 150 valence electrons. The van der Waals surface area contributed by atoms with Gasteiger partial charge in [0, 0.05) is 30.2 Å². The van der Waals surface area contributed by atoms with Crippen molar-refractivity contribution in [2.45, 2.75) is 52.0 Å². The predicted octanol–water partition coefficient (Wildman–Crippen LogP) is 3.27. The molecule has 0 spiro atoms. The highest BCUT2D eigenvalue weighted by Gasteiger charge is 2.40. The molecule has 6 heteroatoms. The summed E-state index contributed by atoms with van der Waals surface area (Å²) in [5, 5.41) is 15.6. The Kier molecular flexibility index (Phi) is 6.71. The van der Waals surface area contributed by atoms with Crippen LogP contribution in [0, 0.1) is 17.2 Å². The number of fused-ring (bicyclic) bond motifs is 1. The van der Waals surface area contributed by atoms with Crippen molar-refractivity contribution in [3.05, 3.63) is 35.5 Å². The van der Waals surface area contributed by atoms with E-state index in [2.05, 4.69) is 41.8 Å². The third kappa shape index (κ3) is 4.37. The molecule has 3 rings (SSSR count). The first kappa shape index (κ1) is 20.4. The lowest BCUT2D eigenvalue weighted by molar-refractivity contribution is -0.136. The molecule has 3 unspecified atom stereocenters. The molecule has 1 saturated carbocycles. The van der Waals surface area contributed by atoms with Crippen LogP contribution < -0.4 is 10.7 Å². The van der Waals surface area contributed by atoms with Crippen LogP contribution in [0.1, 0.15) is 57.1 Å². The lowest BCUT2D eigenvalue weighted by atomic mass is 10.1. The number of hydrogen-bond acceptors (Lipinski definition) is 4. The summed E-state index contributed by atoms with van der Waals surface area (Å²) < 4.78 is 0. The van der Waals surface area contributed by atoms with Crippen LogP contribution in [0.15, 0.2) is 24.4 Å². The standard InChI is InChI=1S/C22H31N5O/c1-4-9-27(26-6-3)22(28)20(5-2)24-13-16-11-17(16)19-14-25-21-8-7-15(12-23)10-18(19)21/h7-8,10,14,16-17,20,24-26H,4-6,9,11,13H2,1-3H3. The molecular formula is C22H31N5O. The summed E-state index contributed by atoms with van der Waals surface area (Å²) in [7, 11) is 0. The molecular weight excluding hydrogens is 350 g/mol. The minimum atomic E-state index is -0.153. The summed E-state index contributed by atoms with van der Waals surface area (Å²) in [5.74, 6) is 1.16. The molecule has 2 aromatic rings. The number of H-pyrrole nitrogens is 1. The topological polar surface area (TPSA) is 84.0 Å². The Bertz CT molecular complexity index is 846. The van der Waals surface area contributed by atoms with Crippen LogP contribution in [0.3, 0.4) is 0 Å². The Morgan fingerprint density at radius 2 is 2.21 bits per heavy atom. The highest BCUT2D eigenvalue weighted by atomic mass is 16.2. The van der Waals surface area contributed by atoms with Gasteiger partial charge >= 0.3 is 0 Å². The van der Waals surface area contributed by atoms with Crippen molar-refractivity contribution < 1.29 is 4.79 Å². The van der Waals surface area contributed by atoms with Crippen molar-refractivity contribution >= 4 is 16.8 Å². The molecule has 1 amide bonds. The van der Waals surface area contributed by atoms with E-state index in [4.69, 9.17) is 5.26 Å². The molecule has 1 aromatic heterocycles. The highest BCUT2D eigenvalue weighted by molar-refractivity contribution is 5.85. The first-order valence-electron chi connectivity index (χ1n) is 10.4. The van der Waals surface area contributed by atoms with Crippen molar-refractivity contribution in [3.63, 3.8) is 0 Å². The second kappa shape index (κ2) is 9.22. The number of nitrogens with one attached hydrogen (secondary N) is 3. The van der Waals surface area contributed by atoms with E-state index < -0.39 is 0 Å². The predicted molar refractivity (Wildman–Crippen MR) is 112 cm³/mol. The van der Waals surface area contributed by atoms with E-state index in [1.807, 2.05) is 25.1 Å². The van der Waals surface area contributed by atoms with Gasteiger partial charge in [0.25, 0.3) is 5.91 Å². The molecule has 0 saturated heterocycles. The zero-order valence-corrected chi connectivity index (χ0v) is 17.1. The molecule has 6 nitrogen and oxygen atoms in total. The summed E-state index contributed by atoms with van der Waals surface area (Å²) in [4.78, 5) is 16.1. The monoisotopic (exact) mass is 381 g/mol. The van der Waals surface area contributed by atoms with Crippen LogP contribution in [0.4, 0.5) is 0 Å². The lowest BCUT2D eigenvalue weighted by Crippen LogP contribution is -2.52. The van der Waals surface area contributed by atoms with E-state index in [1.54, 1.807) is 5.01 Å². The van der Waals surface area contributed by atoms with Gasteiger partial charge in [-0.3, -0.25) is 9.80 Å². The first-order valence-corrected chi connectivity index (χ1v) is 10.4. The minimum Gasteiger partial charge on any atom is -0.361 e. The Hall–Kier alpha value is -2.36. The second-order valence-corrected chi connectivity index (χ2v) is 7.59. The Balaban J connectivity index is 1.60. The summed E-state index contributed by atoms with van der Waals surface area (Å²) in [6.07, 6.45) is 4.91. The Labute approximate surface area is 167 Å². The fourth-order valence-corrected chi connectivity index (χ4v) is 3.94. The van der Waals surface area contributed by atoms with Gasteiger partial charge in [-0.15, -0.1) is 0 Å². The maximum atomic E-state index is 12.8. The number of carbonyl (C=O) groups is 1. The number of nitrogens with zero attached hydrogens (tertiary/aromatic N) is 2. The zero-order valence-electron chi connectivity index (χ0n) is 17.1. The van der Waals surface area contributed by atoms with E-state index in [1.165, 1.54) is 5.56 Å². The van der Waals surface area contributed by atoms with E-state index in [9.17, 15) is 4.79 Å². The number of aromatic nitrogens is 1. The lowest BCUT2D eigenvalue weighted by Gasteiger charge is -2.27. The Morgan fingerprint density at radius 1 is 1.39 bits per heavy atom. The van der Waals surface area contributed by atoms with Gasteiger partial charge in [-0.25, -0.2) is 5.43 Å².